The van der Waals surface area contributed by atoms with Crippen molar-refractivity contribution < 1.29 is 19.0 Å². The van der Waals surface area contributed by atoms with Crippen LogP contribution >= 0.6 is 0 Å². The molecule has 0 fully saturated rings. The van der Waals surface area contributed by atoms with E-state index in [1.54, 1.807) is 37.3 Å². The van der Waals surface area contributed by atoms with Crippen LogP contribution in [0.3, 0.4) is 0 Å². The molecule has 0 bridgehead atoms. The molecule has 0 aliphatic carbocycles. The second kappa shape index (κ2) is 5.71. The third kappa shape index (κ3) is 2.85. The molecule has 4 heteroatoms. The Kier molecular flexibility index (Phi) is 4.02. The van der Waals surface area contributed by atoms with Crippen molar-refractivity contribution in [1.29, 1.82) is 0 Å². The average molecular weight is 262 g/mol. The van der Waals surface area contributed by atoms with E-state index < -0.39 is 11.9 Å². The summed E-state index contributed by atoms with van der Waals surface area (Å²) in [4.78, 5) is 0. The molecule has 0 saturated heterocycles. The maximum Gasteiger partial charge on any atom is 0.165 e. The number of para-hydroxylation sites is 1. The van der Waals surface area contributed by atoms with E-state index >= 15 is 0 Å². The smallest absolute Gasteiger partial charge is 0.165 e. The van der Waals surface area contributed by atoms with Gasteiger partial charge in [0.2, 0.25) is 0 Å². The van der Waals surface area contributed by atoms with Crippen molar-refractivity contribution in [3.8, 4) is 17.2 Å². The third-order valence-electron chi connectivity index (χ3n) is 2.72. The Labute approximate surface area is 111 Å². The van der Waals surface area contributed by atoms with Gasteiger partial charge in [0.25, 0.3) is 0 Å². The summed E-state index contributed by atoms with van der Waals surface area (Å²) in [5.41, 5.74) is 0.494. The predicted octanol–water partition coefficient (Wildman–Crippen LogP) is 3.68. The van der Waals surface area contributed by atoms with E-state index in [1.165, 1.54) is 19.2 Å². The Morgan fingerprint density at radius 1 is 1.00 bits per heavy atom. The van der Waals surface area contributed by atoms with Gasteiger partial charge < -0.3 is 14.6 Å². The molecule has 0 heterocycles. The van der Waals surface area contributed by atoms with Gasteiger partial charge in [-0.15, -0.1) is 0 Å². The van der Waals surface area contributed by atoms with Crippen LogP contribution in [0.15, 0.2) is 42.5 Å². The van der Waals surface area contributed by atoms with Gasteiger partial charge in [0.15, 0.2) is 11.6 Å². The van der Waals surface area contributed by atoms with Crippen molar-refractivity contribution in [2.24, 2.45) is 0 Å². The van der Waals surface area contributed by atoms with E-state index in [4.69, 9.17) is 9.47 Å². The molecular weight excluding hydrogens is 247 g/mol. The first-order valence-corrected chi connectivity index (χ1v) is 5.91. The summed E-state index contributed by atoms with van der Waals surface area (Å²) in [6.07, 6.45) is -0.780. The highest BCUT2D eigenvalue weighted by atomic mass is 19.1. The number of rotatable bonds is 4. The minimum absolute atomic E-state index is 0.109. The monoisotopic (exact) mass is 262 g/mol. The van der Waals surface area contributed by atoms with Crippen molar-refractivity contribution in [3.05, 3.63) is 53.8 Å². The second-order valence-electron chi connectivity index (χ2n) is 4.08. The lowest BCUT2D eigenvalue weighted by Gasteiger charge is -2.16. The molecule has 1 unspecified atom stereocenters. The van der Waals surface area contributed by atoms with Crippen LogP contribution in [0.1, 0.15) is 18.6 Å². The highest BCUT2D eigenvalue weighted by Gasteiger charge is 2.16. The molecule has 0 amide bonds. The second-order valence-corrected chi connectivity index (χ2v) is 4.08. The minimum Gasteiger partial charge on any atom is -0.496 e. The summed E-state index contributed by atoms with van der Waals surface area (Å²) in [5.74, 6) is 0.530. The van der Waals surface area contributed by atoms with Crippen LogP contribution in [0.4, 0.5) is 4.39 Å². The quantitative estimate of drug-likeness (QED) is 0.913. The zero-order chi connectivity index (χ0) is 13.8. The Hall–Kier alpha value is -2.07. The van der Waals surface area contributed by atoms with Crippen LogP contribution in [-0.4, -0.2) is 12.2 Å². The zero-order valence-electron chi connectivity index (χ0n) is 10.8. The Morgan fingerprint density at radius 3 is 2.26 bits per heavy atom. The van der Waals surface area contributed by atoms with Gasteiger partial charge >= 0.3 is 0 Å². The van der Waals surface area contributed by atoms with Gasteiger partial charge in [0, 0.05) is 0 Å². The van der Waals surface area contributed by atoms with E-state index in [9.17, 15) is 9.50 Å². The summed E-state index contributed by atoms with van der Waals surface area (Å²) < 4.78 is 24.3. The molecule has 100 valence electrons. The van der Waals surface area contributed by atoms with Gasteiger partial charge in [-0.05, 0) is 31.2 Å². The van der Waals surface area contributed by atoms with Gasteiger partial charge in [0.1, 0.15) is 11.5 Å². The molecular formula is C15H15FO3. The maximum absolute atomic E-state index is 13.6. The molecule has 3 nitrogen and oxygen atoms in total. The average Bonchev–Trinajstić information content (AvgIpc) is 2.40. The number of benzene rings is 2. The standard InChI is InChI=1S/C15H15FO3/c1-10(17)15-13(18-2)8-5-9-14(15)19-12-7-4-3-6-11(12)16/h3-10,17H,1-2H3. The molecule has 0 aliphatic rings. The van der Waals surface area contributed by atoms with Crippen LogP contribution < -0.4 is 9.47 Å². The maximum atomic E-state index is 13.6. The van der Waals surface area contributed by atoms with E-state index in [1.807, 2.05) is 0 Å². The number of hydrogen-bond donors (Lipinski definition) is 1. The van der Waals surface area contributed by atoms with Crippen LogP contribution in [0, 0.1) is 5.82 Å². The van der Waals surface area contributed by atoms with Crippen molar-refractivity contribution in [2.75, 3.05) is 7.11 Å². The van der Waals surface area contributed by atoms with Crippen LogP contribution in [0.2, 0.25) is 0 Å². The van der Waals surface area contributed by atoms with Gasteiger partial charge in [-0.1, -0.05) is 18.2 Å². The normalized spacial score (nSPS) is 12.0. The van der Waals surface area contributed by atoms with E-state index in [0.29, 0.717) is 17.1 Å². The highest BCUT2D eigenvalue weighted by molar-refractivity contribution is 5.48. The Bertz CT molecular complexity index is 567. The molecule has 0 aliphatic heterocycles. The fraction of sp³-hybridized carbons (Fsp3) is 0.200. The Balaban J connectivity index is 2.43. The van der Waals surface area contributed by atoms with E-state index in [-0.39, 0.29) is 5.75 Å². The molecule has 2 aromatic carbocycles. The molecule has 0 saturated carbocycles. The van der Waals surface area contributed by atoms with Crippen molar-refractivity contribution >= 4 is 0 Å². The largest absolute Gasteiger partial charge is 0.496 e. The van der Waals surface area contributed by atoms with Crippen molar-refractivity contribution in [3.63, 3.8) is 0 Å². The first kappa shape index (κ1) is 13.4. The van der Waals surface area contributed by atoms with Crippen LogP contribution in [0.25, 0.3) is 0 Å². The number of aliphatic hydroxyl groups is 1. The molecule has 1 atom stereocenters. The molecule has 2 rings (SSSR count). The molecule has 0 aromatic heterocycles. The summed E-state index contributed by atoms with van der Waals surface area (Å²) in [6, 6.07) is 11.2. The van der Waals surface area contributed by atoms with Crippen molar-refractivity contribution in [2.45, 2.75) is 13.0 Å². The molecule has 1 N–H and O–H groups in total. The number of ether oxygens (including phenoxy) is 2. The molecule has 19 heavy (non-hydrogen) atoms. The van der Waals surface area contributed by atoms with Crippen LogP contribution in [-0.2, 0) is 0 Å². The lowest BCUT2D eigenvalue weighted by atomic mass is 10.1. The molecule has 0 radical (unpaired) electrons. The lowest BCUT2D eigenvalue weighted by Crippen LogP contribution is -2.00. The summed E-state index contributed by atoms with van der Waals surface area (Å²) >= 11 is 0. The topological polar surface area (TPSA) is 38.7 Å². The first-order chi connectivity index (χ1) is 9.13. The lowest BCUT2D eigenvalue weighted by molar-refractivity contribution is 0.190. The minimum atomic E-state index is -0.780. The number of hydrogen-bond acceptors (Lipinski definition) is 3. The summed E-state index contributed by atoms with van der Waals surface area (Å²) in [7, 11) is 1.51. The first-order valence-electron chi connectivity index (χ1n) is 5.91. The SMILES string of the molecule is COc1cccc(Oc2ccccc2F)c1C(C)O. The Morgan fingerprint density at radius 2 is 1.63 bits per heavy atom. The van der Waals surface area contributed by atoms with Gasteiger partial charge in [-0.2, -0.15) is 0 Å². The molecule has 2 aromatic rings. The zero-order valence-corrected chi connectivity index (χ0v) is 10.8. The summed E-state index contributed by atoms with van der Waals surface area (Å²) in [6.45, 7) is 1.60. The summed E-state index contributed by atoms with van der Waals surface area (Å²) in [5, 5.41) is 9.81. The van der Waals surface area contributed by atoms with Gasteiger partial charge in [-0.3, -0.25) is 0 Å². The highest BCUT2D eigenvalue weighted by Crippen LogP contribution is 2.36. The van der Waals surface area contributed by atoms with E-state index in [2.05, 4.69) is 0 Å². The predicted molar refractivity (Wildman–Crippen MR) is 70.1 cm³/mol. The fourth-order valence-electron chi connectivity index (χ4n) is 1.85. The number of aliphatic hydroxyl groups excluding tert-OH is 1. The molecule has 0 spiro atoms. The number of halogens is 1. The van der Waals surface area contributed by atoms with Crippen molar-refractivity contribution in [1.82, 2.24) is 0 Å². The fourth-order valence-corrected chi connectivity index (χ4v) is 1.85. The third-order valence-corrected chi connectivity index (χ3v) is 2.72. The van der Waals surface area contributed by atoms with E-state index in [0.717, 1.165) is 0 Å². The number of methoxy groups -OCH3 is 1. The van der Waals surface area contributed by atoms with Gasteiger partial charge in [-0.25, -0.2) is 4.39 Å². The van der Waals surface area contributed by atoms with Gasteiger partial charge in [0.05, 0.1) is 18.8 Å². The van der Waals surface area contributed by atoms with Crippen LogP contribution in [0.5, 0.6) is 17.2 Å².